The van der Waals surface area contributed by atoms with E-state index < -0.39 is 0 Å². The van der Waals surface area contributed by atoms with Crippen LogP contribution in [0.15, 0.2) is 30.3 Å². The minimum Gasteiger partial charge on any atom is -0.302 e. The van der Waals surface area contributed by atoms with Crippen molar-refractivity contribution in [3.8, 4) is 0 Å². The van der Waals surface area contributed by atoms with E-state index in [0.29, 0.717) is 5.92 Å². The summed E-state index contributed by atoms with van der Waals surface area (Å²) in [5.74, 6) is 3.24. The molecule has 1 aliphatic rings. The molecule has 1 fully saturated rings. The highest BCUT2D eigenvalue weighted by molar-refractivity contribution is 9.09. The van der Waals surface area contributed by atoms with Gasteiger partial charge >= 0.3 is 0 Å². The molecule has 1 aromatic rings. The number of rotatable bonds is 5. The number of benzene rings is 1. The van der Waals surface area contributed by atoms with Gasteiger partial charge in [0.2, 0.25) is 0 Å². The van der Waals surface area contributed by atoms with Crippen LogP contribution in [0.1, 0.15) is 17.9 Å². The molecule has 0 aliphatic carbocycles. The summed E-state index contributed by atoms with van der Waals surface area (Å²) in [6.45, 7) is 1.15. The van der Waals surface area contributed by atoms with E-state index in [2.05, 4.69) is 70.0 Å². The standard InChI is InChI=1S/C14H20BrNS/c1-16(14-7-8-17-11-14)10-13(9-15)12-5-3-2-4-6-12/h2-6,13-14H,7-11H2,1H3. The fourth-order valence-corrected chi connectivity index (χ4v) is 4.21. The van der Waals surface area contributed by atoms with Gasteiger partial charge in [-0.15, -0.1) is 0 Å². The zero-order valence-electron chi connectivity index (χ0n) is 10.3. The van der Waals surface area contributed by atoms with Crippen molar-refractivity contribution < 1.29 is 0 Å². The Balaban J connectivity index is 1.95. The molecule has 2 atom stereocenters. The number of hydrogen-bond donors (Lipinski definition) is 0. The number of alkyl halides is 1. The van der Waals surface area contributed by atoms with Gasteiger partial charge in [0.15, 0.2) is 0 Å². The quantitative estimate of drug-likeness (QED) is 0.764. The Hall–Kier alpha value is 0.01000. The third-order valence-corrected chi connectivity index (χ3v) is 5.42. The molecule has 17 heavy (non-hydrogen) atoms. The van der Waals surface area contributed by atoms with E-state index in [1.807, 2.05) is 0 Å². The Bertz CT molecular complexity index is 324. The van der Waals surface area contributed by atoms with E-state index in [-0.39, 0.29) is 0 Å². The van der Waals surface area contributed by atoms with Gasteiger partial charge in [-0.05, 0) is 24.8 Å². The average molecular weight is 314 g/mol. The Morgan fingerprint density at radius 1 is 1.41 bits per heavy atom. The van der Waals surface area contributed by atoms with E-state index >= 15 is 0 Å². The first-order valence-corrected chi connectivity index (χ1v) is 8.47. The largest absolute Gasteiger partial charge is 0.302 e. The highest BCUT2D eigenvalue weighted by atomic mass is 79.9. The van der Waals surface area contributed by atoms with Crippen molar-refractivity contribution in [2.75, 3.05) is 30.4 Å². The van der Waals surface area contributed by atoms with Gasteiger partial charge < -0.3 is 4.90 Å². The first-order valence-electron chi connectivity index (χ1n) is 6.20. The minimum absolute atomic E-state index is 0.604. The maximum Gasteiger partial charge on any atom is 0.0191 e. The van der Waals surface area contributed by atoms with Crippen LogP contribution in [0.25, 0.3) is 0 Å². The van der Waals surface area contributed by atoms with Crippen LogP contribution in [-0.4, -0.2) is 41.4 Å². The lowest BCUT2D eigenvalue weighted by molar-refractivity contribution is 0.252. The van der Waals surface area contributed by atoms with Crippen LogP contribution in [0.4, 0.5) is 0 Å². The molecule has 1 heterocycles. The maximum absolute atomic E-state index is 3.66. The van der Waals surface area contributed by atoms with Gasteiger partial charge in [0.05, 0.1) is 0 Å². The fourth-order valence-electron chi connectivity index (χ4n) is 2.33. The summed E-state index contributed by atoms with van der Waals surface area (Å²) in [6, 6.07) is 11.6. The van der Waals surface area contributed by atoms with Crippen molar-refractivity contribution in [1.82, 2.24) is 4.90 Å². The molecule has 1 aromatic carbocycles. The minimum atomic E-state index is 0.604. The lowest BCUT2D eigenvalue weighted by Crippen LogP contribution is -2.35. The molecule has 3 heteroatoms. The highest BCUT2D eigenvalue weighted by Gasteiger charge is 2.22. The first kappa shape index (κ1) is 13.4. The number of likely N-dealkylation sites (N-methyl/N-ethyl adjacent to an activating group) is 1. The molecule has 1 saturated heterocycles. The predicted molar refractivity (Wildman–Crippen MR) is 81.3 cm³/mol. The molecule has 1 nitrogen and oxygen atoms in total. The second-order valence-corrected chi connectivity index (χ2v) is 6.52. The molecular weight excluding hydrogens is 294 g/mol. The van der Waals surface area contributed by atoms with Crippen LogP contribution in [-0.2, 0) is 0 Å². The van der Waals surface area contributed by atoms with Crippen molar-refractivity contribution in [3.63, 3.8) is 0 Å². The summed E-state index contributed by atoms with van der Waals surface area (Å²) in [6.07, 6.45) is 1.35. The van der Waals surface area contributed by atoms with Gasteiger partial charge in [-0.25, -0.2) is 0 Å². The second-order valence-electron chi connectivity index (χ2n) is 4.72. The average Bonchev–Trinajstić information content (AvgIpc) is 2.90. The Morgan fingerprint density at radius 3 is 2.76 bits per heavy atom. The summed E-state index contributed by atoms with van der Waals surface area (Å²) in [5.41, 5.74) is 1.45. The van der Waals surface area contributed by atoms with E-state index in [1.165, 1.54) is 23.5 Å². The molecule has 94 valence electrons. The van der Waals surface area contributed by atoms with Crippen LogP contribution in [0, 0.1) is 0 Å². The van der Waals surface area contributed by atoms with Crippen LogP contribution >= 0.6 is 27.7 Å². The summed E-state index contributed by atoms with van der Waals surface area (Å²) in [7, 11) is 2.27. The summed E-state index contributed by atoms with van der Waals surface area (Å²) >= 11 is 5.75. The third kappa shape index (κ3) is 3.73. The molecule has 0 spiro atoms. The van der Waals surface area contributed by atoms with Crippen LogP contribution in [0.3, 0.4) is 0 Å². The molecule has 0 radical (unpaired) electrons. The van der Waals surface area contributed by atoms with E-state index in [9.17, 15) is 0 Å². The molecule has 0 aromatic heterocycles. The van der Waals surface area contributed by atoms with E-state index in [1.54, 1.807) is 0 Å². The Morgan fingerprint density at radius 2 is 2.18 bits per heavy atom. The normalized spacial score (nSPS) is 21.9. The molecule has 1 aliphatic heterocycles. The van der Waals surface area contributed by atoms with E-state index in [0.717, 1.165) is 17.9 Å². The van der Waals surface area contributed by atoms with Crippen molar-refractivity contribution in [1.29, 1.82) is 0 Å². The first-order chi connectivity index (χ1) is 8.31. The molecule has 2 unspecified atom stereocenters. The van der Waals surface area contributed by atoms with Crippen molar-refractivity contribution >= 4 is 27.7 Å². The third-order valence-electron chi connectivity index (χ3n) is 3.49. The summed E-state index contributed by atoms with van der Waals surface area (Å²) in [4.78, 5) is 2.54. The predicted octanol–water partition coefficient (Wildman–Crippen LogP) is 3.60. The van der Waals surface area contributed by atoms with Crippen molar-refractivity contribution in [3.05, 3.63) is 35.9 Å². The molecular formula is C14H20BrNS. The van der Waals surface area contributed by atoms with Crippen LogP contribution in [0.5, 0.6) is 0 Å². The van der Waals surface area contributed by atoms with Crippen molar-refractivity contribution in [2.24, 2.45) is 0 Å². The molecule has 0 N–H and O–H groups in total. The SMILES string of the molecule is CN(CC(CBr)c1ccccc1)C1CCSC1. The number of nitrogens with zero attached hydrogens (tertiary/aromatic N) is 1. The van der Waals surface area contributed by atoms with Gasteiger partial charge in [0.25, 0.3) is 0 Å². The smallest absolute Gasteiger partial charge is 0.0191 e. The van der Waals surface area contributed by atoms with Crippen LogP contribution in [0.2, 0.25) is 0 Å². The van der Waals surface area contributed by atoms with Gasteiger partial charge in [0, 0.05) is 29.6 Å². The highest BCUT2D eigenvalue weighted by Crippen LogP contribution is 2.25. The summed E-state index contributed by atoms with van der Waals surface area (Å²) in [5, 5.41) is 1.04. The molecule has 0 bridgehead atoms. The van der Waals surface area contributed by atoms with Gasteiger partial charge in [-0.3, -0.25) is 0 Å². The van der Waals surface area contributed by atoms with E-state index in [4.69, 9.17) is 0 Å². The van der Waals surface area contributed by atoms with Gasteiger partial charge in [-0.2, -0.15) is 11.8 Å². The number of halogens is 1. The molecule has 0 amide bonds. The molecule has 0 saturated carbocycles. The van der Waals surface area contributed by atoms with Crippen LogP contribution < -0.4 is 0 Å². The summed E-state index contributed by atoms with van der Waals surface area (Å²) < 4.78 is 0. The lowest BCUT2D eigenvalue weighted by Gasteiger charge is -2.27. The topological polar surface area (TPSA) is 3.24 Å². The lowest BCUT2D eigenvalue weighted by atomic mass is 10.00. The van der Waals surface area contributed by atoms with Crippen molar-refractivity contribution in [2.45, 2.75) is 18.4 Å². The fraction of sp³-hybridized carbons (Fsp3) is 0.571. The van der Waals surface area contributed by atoms with Gasteiger partial charge in [0.1, 0.15) is 0 Å². The number of thioether (sulfide) groups is 1. The Kier molecular flexibility index (Phi) is 5.39. The monoisotopic (exact) mass is 313 g/mol. The number of hydrogen-bond acceptors (Lipinski definition) is 2. The second kappa shape index (κ2) is 6.81. The zero-order chi connectivity index (χ0) is 12.1. The zero-order valence-corrected chi connectivity index (χ0v) is 12.7. The molecule has 2 rings (SSSR count). The van der Waals surface area contributed by atoms with Gasteiger partial charge in [-0.1, -0.05) is 46.3 Å². The maximum atomic E-state index is 3.66. The Labute approximate surface area is 117 Å².